The molecular formula is C13H18N2O. The molecule has 1 aromatic heterocycles. The van der Waals surface area contributed by atoms with Crippen LogP contribution < -0.4 is 10.1 Å². The van der Waals surface area contributed by atoms with Crippen molar-refractivity contribution < 1.29 is 4.74 Å². The molecule has 3 nitrogen and oxygen atoms in total. The zero-order valence-corrected chi connectivity index (χ0v) is 10.0. The van der Waals surface area contributed by atoms with Gasteiger partial charge in [-0.2, -0.15) is 0 Å². The van der Waals surface area contributed by atoms with E-state index in [1.54, 1.807) is 7.11 Å². The number of aromatic amines is 1. The lowest BCUT2D eigenvalue weighted by Crippen LogP contribution is -2.23. The Morgan fingerprint density at radius 1 is 1.44 bits per heavy atom. The molecule has 0 amide bonds. The van der Waals surface area contributed by atoms with Crippen LogP contribution in [0.15, 0.2) is 24.3 Å². The van der Waals surface area contributed by atoms with Crippen molar-refractivity contribution in [2.24, 2.45) is 0 Å². The molecule has 1 aromatic carbocycles. The number of methoxy groups -OCH3 is 1. The van der Waals surface area contributed by atoms with Crippen molar-refractivity contribution in [1.82, 2.24) is 10.3 Å². The number of hydrogen-bond acceptors (Lipinski definition) is 2. The van der Waals surface area contributed by atoms with E-state index >= 15 is 0 Å². The number of nitrogens with one attached hydrogen (secondary N) is 2. The standard InChI is InChI=1S/C13H18N2O/c1-9(14-2)7-11-8-10-5-4-6-12(16-3)13(10)15-11/h4-6,8-9,14-15H,7H2,1-3H3. The van der Waals surface area contributed by atoms with Gasteiger partial charge in [0.1, 0.15) is 5.75 Å². The molecule has 0 radical (unpaired) electrons. The SMILES string of the molecule is CNC(C)Cc1cc2cccc(OC)c2[nH]1. The molecule has 2 aromatic rings. The van der Waals surface area contributed by atoms with E-state index < -0.39 is 0 Å². The number of aromatic nitrogens is 1. The Morgan fingerprint density at radius 3 is 2.94 bits per heavy atom. The Morgan fingerprint density at radius 2 is 2.25 bits per heavy atom. The summed E-state index contributed by atoms with van der Waals surface area (Å²) in [7, 11) is 3.68. The van der Waals surface area contributed by atoms with E-state index in [1.165, 1.54) is 11.1 Å². The minimum absolute atomic E-state index is 0.471. The maximum Gasteiger partial charge on any atom is 0.142 e. The lowest BCUT2D eigenvalue weighted by Gasteiger charge is -2.07. The molecule has 16 heavy (non-hydrogen) atoms. The molecule has 0 aliphatic rings. The lowest BCUT2D eigenvalue weighted by atomic mass is 10.2. The van der Waals surface area contributed by atoms with Gasteiger partial charge >= 0.3 is 0 Å². The number of para-hydroxylation sites is 1. The first-order chi connectivity index (χ1) is 7.74. The fourth-order valence-electron chi connectivity index (χ4n) is 1.90. The zero-order valence-electron chi connectivity index (χ0n) is 10.0. The smallest absolute Gasteiger partial charge is 0.142 e. The number of fused-ring (bicyclic) bond motifs is 1. The molecule has 0 aliphatic heterocycles. The van der Waals surface area contributed by atoms with E-state index in [9.17, 15) is 0 Å². The number of likely N-dealkylation sites (N-methyl/N-ethyl adjacent to an activating group) is 1. The highest BCUT2D eigenvalue weighted by molar-refractivity contribution is 5.86. The van der Waals surface area contributed by atoms with Crippen molar-refractivity contribution in [3.8, 4) is 5.75 Å². The Balaban J connectivity index is 2.36. The minimum Gasteiger partial charge on any atom is -0.495 e. The average molecular weight is 218 g/mol. The lowest BCUT2D eigenvalue weighted by molar-refractivity contribution is 0.419. The maximum absolute atomic E-state index is 5.33. The fraction of sp³-hybridized carbons (Fsp3) is 0.385. The molecule has 0 saturated heterocycles. The van der Waals surface area contributed by atoms with Crippen molar-refractivity contribution in [1.29, 1.82) is 0 Å². The van der Waals surface area contributed by atoms with E-state index in [4.69, 9.17) is 4.74 Å². The largest absolute Gasteiger partial charge is 0.495 e. The summed E-state index contributed by atoms with van der Waals surface area (Å²) in [6, 6.07) is 8.75. The van der Waals surface area contributed by atoms with Gasteiger partial charge in [-0.1, -0.05) is 12.1 Å². The van der Waals surface area contributed by atoms with Crippen molar-refractivity contribution in [2.45, 2.75) is 19.4 Å². The van der Waals surface area contributed by atoms with Crippen LogP contribution in [0.2, 0.25) is 0 Å². The summed E-state index contributed by atoms with van der Waals surface area (Å²) >= 11 is 0. The molecule has 1 unspecified atom stereocenters. The van der Waals surface area contributed by atoms with Gasteiger partial charge < -0.3 is 15.0 Å². The van der Waals surface area contributed by atoms with Gasteiger partial charge in [0.2, 0.25) is 0 Å². The third-order valence-electron chi connectivity index (χ3n) is 2.91. The molecule has 0 aliphatic carbocycles. The second-order valence-corrected chi connectivity index (χ2v) is 4.11. The van der Waals surface area contributed by atoms with Crippen LogP contribution in [-0.2, 0) is 6.42 Å². The van der Waals surface area contributed by atoms with Gasteiger partial charge in [0.05, 0.1) is 12.6 Å². The number of hydrogen-bond donors (Lipinski definition) is 2. The normalized spacial score (nSPS) is 12.9. The molecule has 0 bridgehead atoms. The molecule has 2 rings (SSSR count). The molecular weight excluding hydrogens is 200 g/mol. The van der Waals surface area contributed by atoms with Crippen LogP contribution in [0, 0.1) is 0 Å². The molecule has 86 valence electrons. The monoisotopic (exact) mass is 218 g/mol. The highest BCUT2D eigenvalue weighted by atomic mass is 16.5. The highest BCUT2D eigenvalue weighted by Gasteiger charge is 2.07. The maximum atomic E-state index is 5.33. The summed E-state index contributed by atoms with van der Waals surface area (Å²) in [5.74, 6) is 0.904. The molecule has 0 fully saturated rings. The van der Waals surface area contributed by atoms with Gasteiger partial charge in [-0.3, -0.25) is 0 Å². The van der Waals surface area contributed by atoms with Crippen molar-refractivity contribution >= 4 is 10.9 Å². The zero-order chi connectivity index (χ0) is 11.5. The second-order valence-electron chi connectivity index (χ2n) is 4.11. The van der Waals surface area contributed by atoms with Crippen molar-refractivity contribution in [3.63, 3.8) is 0 Å². The van der Waals surface area contributed by atoms with Gasteiger partial charge in [-0.05, 0) is 26.1 Å². The van der Waals surface area contributed by atoms with Gasteiger partial charge in [0, 0.05) is 23.5 Å². The highest BCUT2D eigenvalue weighted by Crippen LogP contribution is 2.25. The Labute approximate surface area is 95.8 Å². The van der Waals surface area contributed by atoms with Crippen LogP contribution in [0.25, 0.3) is 10.9 Å². The van der Waals surface area contributed by atoms with Crippen LogP contribution in [0.4, 0.5) is 0 Å². The number of benzene rings is 1. The minimum atomic E-state index is 0.471. The molecule has 1 heterocycles. The van der Waals surface area contributed by atoms with Crippen molar-refractivity contribution in [3.05, 3.63) is 30.0 Å². The van der Waals surface area contributed by atoms with Gasteiger partial charge in [0.15, 0.2) is 0 Å². The number of H-pyrrole nitrogens is 1. The van der Waals surface area contributed by atoms with Gasteiger partial charge in [-0.15, -0.1) is 0 Å². The summed E-state index contributed by atoms with van der Waals surface area (Å²) < 4.78 is 5.33. The van der Waals surface area contributed by atoms with E-state index in [0.29, 0.717) is 6.04 Å². The van der Waals surface area contributed by atoms with Crippen LogP contribution in [0.5, 0.6) is 5.75 Å². The molecule has 0 saturated carbocycles. The van der Waals surface area contributed by atoms with Crippen molar-refractivity contribution in [2.75, 3.05) is 14.2 Å². The molecule has 0 spiro atoms. The summed E-state index contributed by atoms with van der Waals surface area (Å²) in [5.41, 5.74) is 2.32. The average Bonchev–Trinajstić information content (AvgIpc) is 2.70. The first-order valence-electron chi connectivity index (χ1n) is 5.56. The number of ether oxygens (including phenoxy) is 1. The van der Waals surface area contributed by atoms with E-state index in [0.717, 1.165) is 17.7 Å². The second kappa shape index (κ2) is 4.58. The van der Waals surface area contributed by atoms with E-state index in [1.807, 2.05) is 19.2 Å². The summed E-state index contributed by atoms with van der Waals surface area (Å²) in [6.07, 6.45) is 0.994. The fourth-order valence-corrected chi connectivity index (χ4v) is 1.90. The molecule has 3 heteroatoms. The molecule has 2 N–H and O–H groups in total. The molecule has 1 atom stereocenters. The summed E-state index contributed by atoms with van der Waals surface area (Å²) in [6.45, 7) is 2.17. The summed E-state index contributed by atoms with van der Waals surface area (Å²) in [5, 5.41) is 4.44. The summed E-state index contributed by atoms with van der Waals surface area (Å²) in [4.78, 5) is 3.42. The van der Waals surface area contributed by atoms with Gasteiger partial charge in [0.25, 0.3) is 0 Å². The Hall–Kier alpha value is -1.48. The Kier molecular flexibility index (Phi) is 3.15. The first kappa shape index (κ1) is 11.0. The van der Waals surface area contributed by atoms with Crippen LogP contribution in [0.3, 0.4) is 0 Å². The van der Waals surface area contributed by atoms with Crippen LogP contribution >= 0.6 is 0 Å². The van der Waals surface area contributed by atoms with Crippen LogP contribution in [-0.4, -0.2) is 25.2 Å². The van der Waals surface area contributed by atoms with E-state index in [-0.39, 0.29) is 0 Å². The first-order valence-corrected chi connectivity index (χ1v) is 5.56. The predicted molar refractivity (Wildman–Crippen MR) is 67.1 cm³/mol. The van der Waals surface area contributed by atoms with Gasteiger partial charge in [-0.25, -0.2) is 0 Å². The predicted octanol–water partition coefficient (Wildman–Crippen LogP) is 2.33. The van der Waals surface area contributed by atoms with Crippen LogP contribution in [0.1, 0.15) is 12.6 Å². The quantitative estimate of drug-likeness (QED) is 0.826. The topological polar surface area (TPSA) is 37.0 Å². The van der Waals surface area contributed by atoms with E-state index in [2.05, 4.69) is 29.4 Å². The Bertz CT molecular complexity index is 476. The number of rotatable bonds is 4. The third-order valence-corrected chi connectivity index (χ3v) is 2.91. The third kappa shape index (κ3) is 2.04.